The molecule has 0 spiro atoms. The molecule has 4 saturated heterocycles. The van der Waals surface area contributed by atoms with E-state index < -0.39 is 46.1 Å². The van der Waals surface area contributed by atoms with Crippen LogP contribution in [-0.4, -0.2) is 221 Å². The lowest BCUT2D eigenvalue weighted by atomic mass is 9.89. The Morgan fingerprint density at radius 2 is 0.950 bits per heavy atom. The summed E-state index contributed by atoms with van der Waals surface area (Å²) in [4.78, 5) is 90.1. The van der Waals surface area contributed by atoms with E-state index in [0.29, 0.717) is 130 Å². The molecule has 43 heteroatoms. The molecule has 0 saturated carbocycles. The lowest BCUT2D eigenvalue weighted by Crippen LogP contribution is -2.54. The van der Waals surface area contributed by atoms with Gasteiger partial charge in [-0.15, -0.1) is 11.3 Å². The molecule has 20 rings (SSSR count). The summed E-state index contributed by atoms with van der Waals surface area (Å²) in [7, 11) is -14.9. The zero-order valence-corrected chi connectivity index (χ0v) is 83.0. The van der Waals surface area contributed by atoms with Crippen molar-refractivity contribution in [2.75, 3.05) is 119 Å². The summed E-state index contributed by atoms with van der Waals surface area (Å²) in [5.74, 6) is 0.716. The predicted octanol–water partition coefficient (Wildman–Crippen LogP) is 17.2. The molecule has 3 atom stereocenters. The minimum absolute atomic E-state index is 0. The van der Waals surface area contributed by atoms with Gasteiger partial charge in [0.2, 0.25) is 28.8 Å². The number of rotatable bonds is 25. The molecule has 8 aromatic heterocycles. The van der Waals surface area contributed by atoms with Gasteiger partial charge in [-0.3, -0.25) is 38.1 Å². The van der Waals surface area contributed by atoms with Crippen LogP contribution in [-0.2, 0) is 72.4 Å². The average Bonchev–Trinajstić information content (AvgIpc) is 1.56. The van der Waals surface area contributed by atoms with Crippen molar-refractivity contribution >= 4 is 192 Å². The van der Waals surface area contributed by atoms with Gasteiger partial charge in [0.25, 0.3) is 40.1 Å². The first-order valence-electron chi connectivity index (χ1n) is 45.3. The van der Waals surface area contributed by atoms with Gasteiger partial charge in [-0.2, -0.15) is 4.37 Å². The molecule has 8 aromatic carbocycles. The zero-order valence-electron chi connectivity index (χ0n) is 76.6. The third-order valence-electron chi connectivity index (χ3n) is 25.3. The molecule has 0 radical (unpaired) electrons. The number of carbonyl (C=O) groups excluding carboxylic acids is 4. The molecule has 0 unspecified atom stereocenters. The number of hydrogen-bond donors (Lipinski definition) is 4. The number of amides is 4. The van der Waals surface area contributed by atoms with E-state index in [2.05, 4.69) is 78.5 Å². The second-order valence-electron chi connectivity index (χ2n) is 34.0. The fourth-order valence-electron chi connectivity index (χ4n) is 17.7. The van der Waals surface area contributed by atoms with Crippen molar-refractivity contribution in [1.82, 2.24) is 72.1 Å². The van der Waals surface area contributed by atoms with Crippen LogP contribution < -0.4 is 33.6 Å². The van der Waals surface area contributed by atoms with Gasteiger partial charge in [-0.05, 0) is 226 Å². The molecule has 0 aliphatic carbocycles. The van der Waals surface area contributed by atoms with Crippen molar-refractivity contribution in [3.8, 4) is 0 Å². The number of carbonyl (C=O) groups is 4. The predicted molar refractivity (Wildman–Crippen MR) is 561 cm³/mol. The number of piperidine rings is 1. The molecule has 744 valence electrons. The van der Waals surface area contributed by atoms with Crippen molar-refractivity contribution in [1.29, 1.82) is 0 Å². The molecule has 4 amide bonds. The van der Waals surface area contributed by atoms with Crippen LogP contribution in [0.15, 0.2) is 300 Å². The normalized spacial score (nSPS) is 15.5. The fraction of sp³-hybridized carbons (Fsp3) is 0.255. The number of aromatic nitrogens is 11. The maximum absolute atomic E-state index is 14.0. The molecular weight excluding hydrogens is 1960 g/mol. The number of anilines is 7. The Morgan fingerprint density at radius 1 is 0.447 bits per heavy atom. The van der Waals surface area contributed by atoms with Crippen LogP contribution in [0, 0.1) is 5.82 Å². The van der Waals surface area contributed by atoms with E-state index in [4.69, 9.17) is 23.2 Å². The number of benzene rings is 8. The number of fused-ring (bicyclic) bond motifs is 4. The van der Waals surface area contributed by atoms with E-state index >= 15 is 0 Å². The fourth-order valence-corrected chi connectivity index (χ4v) is 23.5. The summed E-state index contributed by atoms with van der Waals surface area (Å²) in [5.41, 5.74) is 7.57. The van der Waals surface area contributed by atoms with Crippen LogP contribution in [0.2, 0.25) is 10.0 Å². The molecule has 34 nitrogen and oxygen atoms in total. The largest absolute Gasteiger partial charge is 0.368 e. The highest BCUT2D eigenvalue weighted by atomic mass is 35.5. The number of halogens is 3. The molecule has 141 heavy (non-hydrogen) atoms. The molecule has 4 N–H and O–H groups in total. The first-order chi connectivity index (χ1) is 67.9. The Balaban J connectivity index is 0.000000199. The summed E-state index contributed by atoms with van der Waals surface area (Å²) in [6.07, 6.45) is 18.1. The Kier molecular flexibility index (Phi) is 30.4. The number of hydrogen-bond acceptors (Lipinski definition) is 24. The highest BCUT2D eigenvalue weighted by Gasteiger charge is 2.34. The number of para-hydroxylation sites is 1. The highest BCUT2D eigenvalue weighted by molar-refractivity contribution is 7.93. The Bertz CT molecular complexity index is 7630. The maximum atomic E-state index is 14.0. The first kappa shape index (κ1) is 98.7. The third kappa shape index (κ3) is 23.5. The van der Waals surface area contributed by atoms with Gasteiger partial charge >= 0.3 is 0 Å². The van der Waals surface area contributed by atoms with E-state index in [0.717, 1.165) is 79.7 Å². The van der Waals surface area contributed by atoms with Crippen LogP contribution in [0.1, 0.15) is 73.6 Å². The molecule has 16 aromatic rings. The van der Waals surface area contributed by atoms with E-state index in [9.17, 15) is 57.2 Å². The molecular formula is C98H113Cl2FN22O12S6. The number of aryl methyl sites for hydroxylation is 1. The summed E-state index contributed by atoms with van der Waals surface area (Å²) in [6.45, 7) is 14.9. The smallest absolute Gasteiger partial charge is 0.263 e. The van der Waals surface area contributed by atoms with E-state index in [1.165, 1.54) is 60.9 Å². The summed E-state index contributed by atoms with van der Waals surface area (Å²) in [6, 6.07) is 61.5. The SMILES string of the molecule is C[C@@H]1CN(c2ccc(S(=O)(=O)Nc3ccncn3)cc2)CCN1C(=O)CCn1ccc2cc(Cl)ccc21.C[C@H](C(=O)N1CCC(c2ccc(S(=O)(=O)Nc3nccs3)cc2)CC1)n1ccc2ccccc21.C[C@H](C(=O)N1CCN(c2ccc(S(=O)(=O)Nc3ncns3)cc2)CC1)n1ccc2c(F)cccc21.O=C(Cn1ccc2ccc(Cl)cc21)N1CCN(c2ccc(S(=O)(=O)Nc3ccncn3)cc2)CC1.[HH].[HH].[HH].[HH].[HH].[HH].[HH]. The Labute approximate surface area is 842 Å². The van der Waals surface area contributed by atoms with Crippen molar-refractivity contribution in [2.45, 2.75) is 96.7 Å². The van der Waals surface area contributed by atoms with Gasteiger partial charge in [0.1, 0.15) is 55.1 Å². The summed E-state index contributed by atoms with van der Waals surface area (Å²) in [5, 5.41) is 7.36. The lowest BCUT2D eigenvalue weighted by molar-refractivity contribution is -0.135. The molecule has 4 aliphatic heterocycles. The van der Waals surface area contributed by atoms with Crippen molar-refractivity contribution < 1.29 is 67.2 Å². The second kappa shape index (κ2) is 43.4. The lowest BCUT2D eigenvalue weighted by Gasteiger charge is -2.41. The van der Waals surface area contributed by atoms with E-state index in [1.807, 2.05) is 164 Å². The number of likely N-dealkylation sites (tertiary alicyclic amines) is 1. The van der Waals surface area contributed by atoms with E-state index in [1.54, 1.807) is 115 Å². The highest BCUT2D eigenvalue weighted by Crippen LogP contribution is 2.35. The number of nitrogens with one attached hydrogen (secondary N) is 4. The van der Waals surface area contributed by atoms with Crippen molar-refractivity contribution in [3.05, 3.63) is 301 Å². The molecule has 12 heterocycles. The van der Waals surface area contributed by atoms with Crippen LogP contribution in [0.3, 0.4) is 0 Å². The minimum atomic E-state index is -3.75. The van der Waals surface area contributed by atoms with Gasteiger partial charge in [-0.25, -0.2) is 68.0 Å². The third-order valence-corrected chi connectivity index (χ3v) is 32.7. The number of piperazine rings is 3. The standard InChI is InChI=1S/C26H27ClN6O3S.C25H26N4O3S2.C24H23ClN6O3S.C23H23FN6O3S2.7H2/c1-19-17-32(22-3-5-23(6-4-22)37(35,36)30-25-8-11-28-18-29-25)14-15-33(19)26(34)10-13-31-12-9-20-16-21(27)2-7-24(20)31;1-18(29-16-12-21-4-2-3-5-23(21)29)24(30)28-14-10-20(11-15-28)19-6-8-22(9-7-19)34(31,32)27-25-26-13-17-33-25;25-19-2-1-18-8-10-31(22(18)15-19)16-24(32)30-13-11-29(12-14-30)20-3-5-21(6-4-20)35(33,34)28-23-7-9-26-17-27-23;1-16(30-10-9-19-20(24)3-2-4-21(19)30)22(31)29-13-11-28(12-14-29)17-5-7-18(8-6-17)35(32,33)27-23-25-15-26-34-23;;;;;;;/h2-9,11-12,16,18-19H,10,13-15,17H2,1H3,(H,28,29,30);2-9,12-13,16-18,20H,10-11,14-15H2,1H3,(H,26,27);1-10,15,17H,11-14,16H2,(H,26,27,28);2-10,15-16H,11-14H2,1H3,(H,25,26,27);7*1H/t19-;18-;;16-;;;;;;;/m11.1......./s1. The molecule has 4 fully saturated rings. The Hall–Kier alpha value is -13.9. The average molecular weight is 2070 g/mol. The van der Waals surface area contributed by atoms with Gasteiger partial charge in [0, 0.05) is 229 Å². The van der Waals surface area contributed by atoms with Crippen LogP contribution >= 0.6 is 46.1 Å². The summed E-state index contributed by atoms with van der Waals surface area (Å²) < 4.78 is 136. The van der Waals surface area contributed by atoms with Crippen molar-refractivity contribution in [3.63, 3.8) is 0 Å². The second-order valence-corrected chi connectivity index (χ2v) is 43.3. The Morgan fingerprint density at radius 3 is 1.52 bits per heavy atom. The zero-order chi connectivity index (χ0) is 98.7. The van der Waals surface area contributed by atoms with Gasteiger partial charge in [0.05, 0.1) is 25.1 Å². The maximum Gasteiger partial charge on any atom is 0.263 e. The number of thiazole rings is 1. The van der Waals surface area contributed by atoms with Gasteiger partial charge in [0.15, 0.2) is 5.13 Å². The summed E-state index contributed by atoms with van der Waals surface area (Å²) >= 11 is 14.4. The van der Waals surface area contributed by atoms with Crippen LogP contribution in [0.25, 0.3) is 43.6 Å². The van der Waals surface area contributed by atoms with Crippen molar-refractivity contribution in [2.24, 2.45) is 0 Å². The quantitative estimate of drug-likeness (QED) is 0.0413. The van der Waals surface area contributed by atoms with E-state index in [-0.39, 0.29) is 94.4 Å². The topological polar surface area (TPSA) is 386 Å². The van der Waals surface area contributed by atoms with Crippen LogP contribution in [0.4, 0.5) is 43.4 Å². The van der Waals surface area contributed by atoms with Gasteiger partial charge < -0.3 is 52.6 Å². The monoisotopic (exact) mass is 2070 g/mol. The number of nitrogens with zero attached hydrogens (tertiary/aromatic N) is 18. The molecule has 0 bridgehead atoms. The first-order valence-corrected chi connectivity index (χ1v) is 53.7. The molecule has 4 aliphatic rings. The van der Waals surface area contributed by atoms with Crippen LogP contribution in [0.5, 0.6) is 0 Å². The van der Waals surface area contributed by atoms with Gasteiger partial charge in [-0.1, -0.05) is 65.7 Å². The number of sulfonamides is 4. The minimum Gasteiger partial charge on any atom is -0.368 e.